The van der Waals surface area contributed by atoms with Crippen LogP contribution < -0.4 is 20.4 Å². The Morgan fingerprint density at radius 2 is 1.22 bits per heavy atom. The maximum absolute atomic E-state index is 14.2. The molecule has 4 saturated heterocycles. The molecule has 2 N–H and O–H groups in total. The van der Waals surface area contributed by atoms with Crippen molar-refractivity contribution in [1.82, 2.24) is 39.5 Å². The molecule has 6 aliphatic heterocycles. The Balaban J connectivity index is 0.849. The molecule has 18 nitrogen and oxygen atoms in total. The summed E-state index contributed by atoms with van der Waals surface area (Å²) >= 11 is 13.7. The Bertz CT molecular complexity index is 2600. The highest BCUT2D eigenvalue weighted by Crippen LogP contribution is 2.36. The van der Waals surface area contributed by atoms with Crippen molar-refractivity contribution in [3.63, 3.8) is 0 Å². The summed E-state index contributed by atoms with van der Waals surface area (Å²) in [5.41, 5.74) is 1.93. The maximum Gasteiger partial charge on any atom is 0.288 e. The number of piperidine rings is 2. The van der Waals surface area contributed by atoms with Gasteiger partial charge in [0.05, 0.1) is 30.5 Å². The predicted octanol–water partition coefficient (Wildman–Crippen LogP) is 5.28. The van der Waals surface area contributed by atoms with E-state index in [4.69, 9.17) is 47.6 Å². The number of likely N-dealkylation sites (N-methyl/N-ethyl adjacent to an activating group) is 3. The molecule has 6 atom stereocenters. The molecule has 8 aliphatic rings. The third-order valence-corrected chi connectivity index (χ3v) is 15.2. The Labute approximate surface area is 411 Å². The van der Waals surface area contributed by atoms with E-state index in [9.17, 15) is 19.2 Å². The lowest BCUT2D eigenvalue weighted by Gasteiger charge is -2.37. The van der Waals surface area contributed by atoms with E-state index in [2.05, 4.69) is 32.3 Å². The standard InChI is InChI=1S/C49H58Cl2N12O6/c1-28-12-19-62(20-13-28)49-55-34(41(51)43(57-49)54-32-9-11-36-30(23-32)24-39(45(65)59(36)3)68-37-14-18-58(2)44(37)64)27-63-21-15-38(47(63)67)69-40-25-29-22-31(8-10-35(29)60(4)46(40)66)53-42-33(50)26-52-48(56-42)61-16-6-5-7-17-61/h8-11,22-26,28-30,35-38H,5-7,12-21,27H2,1-4H3,(H,52,53,56)(H,54,55,57)/t29?,30?,35?,36?,37-,38?/m1/s1. The van der Waals surface area contributed by atoms with Crippen LogP contribution >= 0.6 is 23.2 Å². The summed E-state index contributed by atoms with van der Waals surface area (Å²) in [7, 11) is 5.19. The van der Waals surface area contributed by atoms with Crippen LogP contribution in [0.15, 0.2) is 77.7 Å². The van der Waals surface area contributed by atoms with Crippen molar-refractivity contribution in [2.24, 2.45) is 17.8 Å². The van der Waals surface area contributed by atoms with Crippen molar-refractivity contribution in [2.75, 3.05) is 80.8 Å². The second-order valence-electron chi connectivity index (χ2n) is 19.3. The summed E-state index contributed by atoms with van der Waals surface area (Å²) in [6.45, 7) is 6.63. The van der Waals surface area contributed by atoms with Gasteiger partial charge < -0.3 is 49.5 Å². The molecule has 0 aromatic carbocycles. The zero-order chi connectivity index (χ0) is 48.1. The van der Waals surface area contributed by atoms with Gasteiger partial charge in [0.1, 0.15) is 10.0 Å². The van der Waals surface area contributed by atoms with Gasteiger partial charge in [-0.2, -0.15) is 9.97 Å². The molecular weight excluding hydrogens is 924 g/mol. The highest BCUT2D eigenvalue weighted by atomic mass is 35.5. The number of hydrogen-bond acceptors (Lipinski definition) is 14. The molecule has 0 radical (unpaired) electrons. The van der Waals surface area contributed by atoms with Crippen LogP contribution in [0.4, 0.5) is 23.5 Å². The fourth-order valence-corrected chi connectivity index (χ4v) is 10.6. The minimum atomic E-state index is -0.888. The number of anilines is 4. The van der Waals surface area contributed by atoms with Crippen molar-refractivity contribution in [3.8, 4) is 0 Å². The van der Waals surface area contributed by atoms with E-state index >= 15 is 0 Å². The molecule has 2 aromatic heterocycles. The monoisotopic (exact) mass is 980 g/mol. The largest absolute Gasteiger partial charge is 0.475 e. The van der Waals surface area contributed by atoms with Gasteiger partial charge in [-0.05, 0) is 62.3 Å². The highest BCUT2D eigenvalue weighted by Gasteiger charge is 2.41. The first kappa shape index (κ1) is 46.6. The smallest absolute Gasteiger partial charge is 0.288 e. The lowest BCUT2D eigenvalue weighted by molar-refractivity contribution is -0.141. The first-order valence-electron chi connectivity index (χ1n) is 24.1. The molecule has 0 bridgehead atoms. The van der Waals surface area contributed by atoms with Gasteiger partial charge in [-0.25, -0.2) is 9.97 Å². The third kappa shape index (κ3) is 9.49. The van der Waals surface area contributed by atoms with Gasteiger partial charge in [0.2, 0.25) is 11.9 Å². The van der Waals surface area contributed by atoms with Crippen molar-refractivity contribution < 1.29 is 28.7 Å². The Morgan fingerprint density at radius 1 is 0.652 bits per heavy atom. The van der Waals surface area contributed by atoms with E-state index in [1.165, 1.54) is 6.42 Å². The minimum Gasteiger partial charge on any atom is -0.475 e. The predicted molar refractivity (Wildman–Crippen MR) is 261 cm³/mol. The molecule has 8 heterocycles. The number of aromatic nitrogens is 4. The number of nitrogens with zero attached hydrogens (tertiary/aromatic N) is 10. The summed E-state index contributed by atoms with van der Waals surface area (Å²) in [5, 5.41) is 7.46. The molecular formula is C49H58Cl2N12O6. The van der Waals surface area contributed by atoms with Gasteiger partial charge in [-0.1, -0.05) is 54.4 Å². The average Bonchev–Trinajstić information content (AvgIpc) is 3.86. The first-order chi connectivity index (χ1) is 33.3. The third-order valence-electron chi connectivity index (χ3n) is 14.5. The summed E-state index contributed by atoms with van der Waals surface area (Å²) in [6, 6.07) is -0.500. The lowest BCUT2D eigenvalue weighted by atomic mass is 9.89. The first-order valence-corrected chi connectivity index (χ1v) is 24.8. The van der Waals surface area contributed by atoms with Crippen LogP contribution in [-0.4, -0.2) is 148 Å². The second-order valence-corrected chi connectivity index (χ2v) is 20.1. The summed E-state index contributed by atoms with van der Waals surface area (Å²) in [4.78, 5) is 83.8. The van der Waals surface area contributed by atoms with E-state index in [-0.39, 0.29) is 70.6 Å². The highest BCUT2D eigenvalue weighted by molar-refractivity contribution is 6.33. The molecule has 20 heteroatoms. The van der Waals surface area contributed by atoms with Gasteiger partial charge in [0.15, 0.2) is 35.4 Å². The number of fused-ring (bicyclic) bond motifs is 2. The van der Waals surface area contributed by atoms with E-state index in [0.29, 0.717) is 71.8 Å². The zero-order valence-electron chi connectivity index (χ0n) is 39.3. The molecule has 4 fully saturated rings. The number of amides is 4. The average molecular weight is 982 g/mol. The number of carbonyl (C=O) groups is 4. The van der Waals surface area contributed by atoms with Crippen LogP contribution in [0.3, 0.4) is 0 Å². The molecule has 5 unspecified atom stereocenters. The van der Waals surface area contributed by atoms with Gasteiger partial charge in [0.25, 0.3) is 23.6 Å². The van der Waals surface area contributed by atoms with Crippen molar-refractivity contribution in [1.29, 1.82) is 0 Å². The van der Waals surface area contributed by atoms with Gasteiger partial charge in [-0.3, -0.25) is 19.2 Å². The van der Waals surface area contributed by atoms with Crippen molar-refractivity contribution in [3.05, 3.63) is 93.5 Å². The number of ether oxygens (including phenoxy) is 2. The molecule has 69 heavy (non-hydrogen) atoms. The van der Waals surface area contributed by atoms with E-state index in [0.717, 1.165) is 57.6 Å². The van der Waals surface area contributed by atoms with E-state index in [1.54, 1.807) is 59.1 Å². The fourth-order valence-electron chi connectivity index (χ4n) is 10.3. The Hall–Kier alpha value is -6.14. The molecule has 0 saturated carbocycles. The summed E-state index contributed by atoms with van der Waals surface area (Å²) < 4.78 is 12.3. The second kappa shape index (κ2) is 19.3. The van der Waals surface area contributed by atoms with Gasteiger partial charge >= 0.3 is 0 Å². The van der Waals surface area contributed by atoms with Crippen LogP contribution in [0.2, 0.25) is 10.0 Å². The SMILES string of the molecule is CC1CCN(c2nc(CN3CCC(OC4=CC5C=C(Nc6nc(N7CCCCC7)ncc6Cl)C=CC5N(C)C4=O)C3=O)c(Cl)c(NC3=CC4C=C(O[C@@H]5CCN(C)C5=O)C(=O)N(C)C4C=C3)n2)CC1. The molecule has 2 aromatic rings. The number of allylic oxidation sites excluding steroid dienone is 2. The van der Waals surface area contributed by atoms with Crippen LogP contribution in [0.5, 0.6) is 0 Å². The van der Waals surface area contributed by atoms with Gasteiger partial charge in [-0.15, -0.1) is 0 Å². The van der Waals surface area contributed by atoms with Crippen LogP contribution in [0.25, 0.3) is 0 Å². The number of likely N-dealkylation sites (tertiary alicyclic amines) is 2. The van der Waals surface area contributed by atoms with E-state index in [1.807, 2.05) is 36.5 Å². The number of halogens is 2. The molecule has 364 valence electrons. The Morgan fingerprint density at radius 3 is 1.83 bits per heavy atom. The summed E-state index contributed by atoms with van der Waals surface area (Å²) in [6.07, 6.45) is 21.6. The van der Waals surface area contributed by atoms with E-state index < -0.39 is 12.2 Å². The number of hydrogen-bond donors (Lipinski definition) is 2. The van der Waals surface area contributed by atoms with Crippen molar-refractivity contribution >= 4 is 70.4 Å². The topological polar surface area (TPSA) is 182 Å². The minimum absolute atomic E-state index is 0.0994. The van der Waals surface area contributed by atoms with Crippen molar-refractivity contribution in [2.45, 2.75) is 82.7 Å². The molecule has 0 spiro atoms. The van der Waals surface area contributed by atoms with Crippen LogP contribution in [-0.2, 0) is 35.2 Å². The normalized spacial score (nSPS) is 27.3. The van der Waals surface area contributed by atoms with Gasteiger partial charge in [0, 0.05) is 96.5 Å². The maximum atomic E-state index is 14.2. The number of nitrogens with one attached hydrogen (secondary N) is 2. The molecule has 4 amide bonds. The van der Waals surface area contributed by atoms with Crippen LogP contribution in [0.1, 0.15) is 57.6 Å². The zero-order valence-corrected chi connectivity index (χ0v) is 40.8. The summed E-state index contributed by atoms with van der Waals surface area (Å²) in [5.74, 6) is 1.36. The molecule has 2 aliphatic carbocycles. The Kier molecular flexibility index (Phi) is 13.1. The number of rotatable bonds is 12. The van der Waals surface area contributed by atoms with Crippen LogP contribution in [0, 0.1) is 17.8 Å². The fraction of sp³-hybridized carbons (Fsp3) is 0.510. The molecule has 10 rings (SSSR count). The quantitative estimate of drug-likeness (QED) is 0.281. The lowest BCUT2D eigenvalue weighted by Crippen LogP contribution is -2.46. The number of carbonyl (C=O) groups excluding carboxylic acids is 4.